The second-order valence-corrected chi connectivity index (χ2v) is 7.18. The minimum absolute atomic E-state index is 0.0252. The lowest BCUT2D eigenvalue weighted by Gasteiger charge is -2.28. The predicted molar refractivity (Wildman–Crippen MR) is 90.3 cm³/mol. The molecule has 1 unspecified atom stereocenters. The molecule has 23 heavy (non-hydrogen) atoms. The fourth-order valence-corrected chi connectivity index (χ4v) is 3.56. The Bertz CT molecular complexity index is 588. The summed E-state index contributed by atoms with van der Waals surface area (Å²) in [6.07, 6.45) is 1.70. The Labute approximate surface area is 138 Å². The van der Waals surface area contributed by atoms with E-state index >= 15 is 0 Å². The first kappa shape index (κ1) is 17.5. The molecule has 0 saturated carbocycles. The first-order chi connectivity index (χ1) is 10.7. The topological polar surface area (TPSA) is 57.6 Å². The maximum Gasteiger partial charge on any atom is 0.311 e. The molecule has 1 aromatic carbocycles. The van der Waals surface area contributed by atoms with E-state index in [0.717, 1.165) is 0 Å². The smallest absolute Gasteiger partial charge is 0.311 e. The van der Waals surface area contributed by atoms with E-state index in [1.807, 2.05) is 13.8 Å². The van der Waals surface area contributed by atoms with E-state index in [1.54, 1.807) is 4.90 Å². The zero-order valence-electron chi connectivity index (χ0n) is 14.6. The number of hydrogen-bond donors (Lipinski definition) is 1. The van der Waals surface area contributed by atoms with Crippen molar-refractivity contribution in [2.75, 3.05) is 13.1 Å². The van der Waals surface area contributed by atoms with E-state index in [4.69, 9.17) is 0 Å². The van der Waals surface area contributed by atoms with E-state index in [2.05, 4.69) is 32.0 Å². The van der Waals surface area contributed by atoms with Gasteiger partial charge >= 0.3 is 5.97 Å². The van der Waals surface area contributed by atoms with Crippen LogP contribution in [0.25, 0.3) is 0 Å². The maximum atomic E-state index is 12.5. The number of likely N-dealkylation sites (tertiary alicyclic amines) is 1. The van der Waals surface area contributed by atoms with Gasteiger partial charge in [0.05, 0.1) is 5.41 Å². The highest BCUT2D eigenvalue weighted by atomic mass is 16.4. The van der Waals surface area contributed by atoms with Gasteiger partial charge in [0.15, 0.2) is 0 Å². The second-order valence-electron chi connectivity index (χ2n) is 7.18. The normalized spacial score (nSPS) is 21.0. The summed E-state index contributed by atoms with van der Waals surface area (Å²) in [5, 5.41) is 9.56. The number of amides is 1. The third kappa shape index (κ3) is 3.74. The fourth-order valence-electron chi connectivity index (χ4n) is 3.56. The number of rotatable bonds is 5. The predicted octanol–water partition coefficient (Wildman–Crippen LogP) is 3.20. The van der Waals surface area contributed by atoms with E-state index < -0.39 is 11.4 Å². The molecule has 1 amide bonds. The summed E-state index contributed by atoms with van der Waals surface area (Å²) < 4.78 is 0. The molecule has 4 nitrogen and oxygen atoms in total. The molecule has 4 heteroatoms. The van der Waals surface area contributed by atoms with Crippen LogP contribution in [0.5, 0.6) is 0 Å². The molecule has 1 saturated heterocycles. The Kier molecular flexibility index (Phi) is 5.12. The van der Waals surface area contributed by atoms with Crippen molar-refractivity contribution in [3.8, 4) is 0 Å². The van der Waals surface area contributed by atoms with Gasteiger partial charge in [0, 0.05) is 19.5 Å². The molecule has 1 heterocycles. The lowest BCUT2D eigenvalue weighted by molar-refractivity contribution is -0.151. The molecule has 126 valence electrons. The zero-order valence-corrected chi connectivity index (χ0v) is 14.6. The fraction of sp³-hybridized carbons (Fsp3) is 0.579. The Hall–Kier alpha value is -1.84. The summed E-state index contributed by atoms with van der Waals surface area (Å²) in [6, 6.07) is 6.34. The molecule has 0 aliphatic carbocycles. The van der Waals surface area contributed by atoms with Crippen molar-refractivity contribution in [1.29, 1.82) is 0 Å². The van der Waals surface area contributed by atoms with Crippen LogP contribution in [0.15, 0.2) is 18.2 Å². The van der Waals surface area contributed by atoms with Crippen LogP contribution >= 0.6 is 0 Å². The van der Waals surface area contributed by atoms with Crippen LogP contribution in [-0.4, -0.2) is 35.0 Å². The van der Waals surface area contributed by atoms with Gasteiger partial charge in [0.2, 0.25) is 5.91 Å². The van der Waals surface area contributed by atoms with Crippen molar-refractivity contribution < 1.29 is 14.7 Å². The van der Waals surface area contributed by atoms with Crippen molar-refractivity contribution in [2.45, 2.75) is 47.0 Å². The lowest BCUT2D eigenvalue weighted by atomic mass is 9.76. The van der Waals surface area contributed by atoms with Gasteiger partial charge in [-0.1, -0.05) is 43.2 Å². The molecular formula is C19H27NO3. The Morgan fingerprint density at radius 2 is 1.83 bits per heavy atom. The molecule has 1 aromatic rings. The van der Waals surface area contributed by atoms with Crippen LogP contribution in [0.2, 0.25) is 0 Å². The average Bonchev–Trinajstić information content (AvgIpc) is 2.90. The standard InChI is InChI=1S/C19H27NO3/c1-13(2)19(18(22)23)7-8-20(12-19)17(21)6-5-16-10-14(3)9-15(4)11-16/h9-11,13H,5-8,12H2,1-4H3,(H,22,23). The van der Waals surface area contributed by atoms with Gasteiger partial charge in [0.25, 0.3) is 0 Å². The Morgan fingerprint density at radius 1 is 1.22 bits per heavy atom. The number of carboxylic acid groups (broad SMARTS) is 1. The molecule has 1 fully saturated rings. The molecule has 1 atom stereocenters. The molecular weight excluding hydrogens is 290 g/mol. The van der Waals surface area contributed by atoms with Crippen LogP contribution in [0, 0.1) is 25.2 Å². The highest BCUT2D eigenvalue weighted by Crippen LogP contribution is 2.38. The SMILES string of the molecule is Cc1cc(C)cc(CCC(=O)N2CCC(C(=O)O)(C(C)C)C2)c1. The highest BCUT2D eigenvalue weighted by molar-refractivity contribution is 5.81. The summed E-state index contributed by atoms with van der Waals surface area (Å²) in [6.45, 7) is 8.86. The van der Waals surface area contributed by atoms with E-state index in [9.17, 15) is 14.7 Å². The van der Waals surface area contributed by atoms with Crippen LogP contribution < -0.4 is 0 Å². The summed E-state index contributed by atoms with van der Waals surface area (Å²) in [5.74, 6) is -0.692. The van der Waals surface area contributed by atoms with Crippen molar-refractivity contribution in [3.63, 3.8) is 0 Å². The quantitative estimate of drug-likeness (QED) is 0.907. The average molecular weight is 317 g/mol. The minimum atomic E-state index is -0.782. The summed E-state index contributed by atoms with van der Waals surface area (Å²) >= 11 is 0. The number of aryl methyl sites for hydroxylation is 3. The van der Waals surface area contributed by atoms with Crippen LogP contribution in [-0.2, 0) is 16.0 Å². The van der Waals surface area contributed by atoms with Crippen molar-refractivity contribution in [2.24, 2.45) is 11.3 Å². The molecule has 0 radical (unpaired) electrons. The summed E-state index contributed by atoms with van der Waals surface area (Å²) in [4.78, 5) is 25.8. The molecule has 1 aliphatic rings. The number of carboxylic acids is 1. The van der Waals surface area contributed by atoms with Gasteiger partial charge in [-0.2, -0.15) is 0 Å². The molecule has 1 aliphatic heterocycles. The second kappa shape index (κ2) is 6.73. The number of aliphatic carboxylic acids is 1. The van der Waals surface area contributed by atoms with Gasteiger partial charge in [-0.25, -0.2) is 0 Å². The first-order valence-corrected chi connectivity index (χ1v) is 8.33. The van der Waals surface area contributed by atoms with Crippen LogP contribution in [0.1, 0.15) is 43.4 Å². The van der Waals surface area contributed by atoms with Gasteiger partial charge < -0.3 is 10.0 Å². The van der Waals surface area contributed by atoms with Gasteiger partial charge in [-0.3, -0.25) is 9.59 Å². The van der Waals surface area contributed by atoms with E-state index in [-0.39, 0.29) is 11.8 Å². The van der Waals surface area contributed by atoms with E-state index in [0.29, 0.717) is 32.4 Å². The molecule has 1 N–H and O–H groups in total. The largest absolute Gasteiger partial charge is 0.481 e. The van der Waals surface area contributed by atoms with Crippen molar-refractivity contribution in [3.05, 3.63) is 34.9 Å². The monoisotopic (exact) mass is 317 g/mol. The molecule has 0 spiro atoms. The van der Waals surface area contributed by atoms with Gasteiger partial charge in [-0.15, -0.1) is 0 Å². The number of hydrogen-bond acceptors (Lipinski definition) is 2. The van der Waals surface area contributed by atoms with Crippen LogP contribution in [0.4, 0.5) is 0 Å². The maximum absolute atomic E-state index is 12.5. The molecule has 0 aromatic heterocycles. The number of benzene rings is 1. The molecule has 2 rings (SSSR count). The Balaban J connectivity index is 1.98. The van der Waals surface area contributed by atoms with Crippen molar-refractivity contribution >= 4 is 11.9 Å². The third-order valence-corrected chi connectivity index (χ3v) is 5.09. The number of nitrogens with zero attached hydrogens (tertiary/aromatic N) is 1. The number of carbonyl (C=O) groups is 2. The zero-order chi connectivity index (χ0) is 17.2. The first-order valence-electron chi connectivity index (χ1n) is 8.33. The summed E-state index contributed by atoms with van der Waals surface area (Å²) in [7, 11) is 0. The van der Waals surface area contributed by atoms with Crippen LogP contribution in [0.3, 0.4) is 0 Å². The third-order valence-electron chi connectivity index (χ3n) is 5.09. The minimum Gasteiger partial charge on any atom is -0.481 e. The highest BCUT2D eigenvalue weighted by Gasteiger charge is 2.48. The lowest BCUT2D eigenvalue weighted by Crippen LogP contribution is -2.40. The van der Waals surface area contributed by atoms with Gasteiger partial charge in [-0.05, 0) is 38.2 Å². The van der Waals surface area contributed by atoms with Crippen molar-refractivity contribution in [1.82, 2.24) is 4.90 Å². The Morgan fingerprint density at radius 3 is 2.30 bits per heavy atom. The summed E-state index contributed by atoms with van der Waals surface area (Å²) in [5.41, 5.74) is 2.80. The van der Waals surface area contributed by atoms with E-state index in [1.165, 1.54) is 16.7 Å². The number of carbonyl (C=O) groups excluding carboxylic acids is 1. The molecule has 0 bridgehead atoms. The van der Waals surface area contributed by atoms with Gasteiger partial charge in [0.1, 0.15) is 0 Å².